The van der Waals surface area contributed by atoms with Gasteiger partial charge in [-0.2, -0.15) is 8.42 Å². The predicted octanol–water partition coefficient (Wildman–Crippen LogP) is 0.233. The summed E-state index contributed by atoms with van der Waals surface area (Å²) >= 11 is 0. The van der Waals surface area contributed by atoms with Crippen molar-refractivity contribution in [2.75, 3.05) is 0 Å². The number of fused-ring (bicyclic) bond motifs is 1. The van der Waals surface area contributed by atoms with Crippen LogP contribution in [0.25, 0.3) is 11.0 Å². The van der Waals surface area contributed by atoms with Gasteiger partial charge in [-0.1, -0.05) is 0 Å². The summed E-state index contributed by atoms with van der Waals surface area (Å²) in [6, 6.07) is 0. The number of halogens is 1. The Bertz CT molecular complexity index is 744. The number of hydrogen-bond donors (Lipinski definition) is 3. The van der Waals surface area contributed by atoms with Gasteiger partial charge in [0.1, 0.15) is 16.9 Å². The molecular weight excluding hydrogens is 310 g/mol. The second kappa shape index (κ2) is 5.16. The maximum absolute atomic E-state index is 11.0. The van der Waals surface area contributed by atoms with Crippen molar-refractivity contribution in [1.82, 2.24) is 15.0 Å². The van der Waals surface area contributed by atoms with Crippen LogP contribution in [-0.2, 0) is 19.4 Å². The van der Waals surface area contributed by atoms with E-state index in [1.54, 1.807) is 0 Å². The van der Waals surface area contributed by atoms with E-state index in [-0.39, 0.29) is 4.90 Å². The number of nitrogens with zero attached hydrogens (tertiary/aromatic N) is 2. The molecular formula is C6H6ClN3O6S2. The van der Waals surface area contributed by atoms with E-state index >= 15 is 0 Å². The van der Waals surface area contributed by atoms with Crippen molar-refractivity contribution in [3.63, 3.8) is 0 Å². The molecule has 0 aliphatic rings. The predicted molar refractivity (Wildman–Crippen MR) is 61.1 cm³/mol. The quantitative estimate of drug-likeness (QED) is 0.500. The van der Waals surface area contributed by atoms with Crippen LogP contribution in [0.5, 0.6) is 0 Å². The number of nitrogens with one attached hydrogen (secondary N) is 1. The van der Waals surface area contributed by atoms with E-state index in [9.17, 15) is 8.42 Å². The lowest BCUT2D eigenvalue weighted by molar-refractivity contribution is 0.381. The molecule has 2 rings (SSSR count). The average Bonchev–Trinajstić information content (AvgIpc) is 2.57. The van der Waals surface area contributed by atoms with Gasteiger partial charge >= 0.3 is 10.4 Å². The molecule has 0 saturated heterocycles. The summed E-state index contributed by atoms with van der Waals surface area (Å²) in [6.07, 6.45) is 4.01. The van der Waals surface area contributed by atoms with E-state index in [1.165, 1.54) is 18.7 Å². The molecule has 0 aliphatic carbocycles. The van der Waals surface area contributed by atoms with Crippen LogP contribution in [0.4, 0.5) is 0 Å². The summed E-state index contributed by atoms with van der Waals surface area (Å²) in [7, 11) is -3.22. The minimum Gasteiger partial charge on any atom is -0.345 e. The summed E-state index contributed by atoms with van der Waals surface area (Å²) in [4.78, 5) is 10.2. The smallest absolute Gasteiger partial charge is 0.345 e. The highest BCUT2D eigenvalue weighted by atomic mass is 35.7. The van der Waals surface area contributed by atoms with Gasteiger partial charge in [-0.05, 0) is 0 Å². The topological polar surface area (TPSA) is 150 Å². The molecule has 0 aliphatic heterocycles. The van der Waals surface area contributed by atoms with E-state index in [0.717, 1.165) is 0 Å². The van der Waals surface area contributed by atoms with Crippen LogP contribution < -0.4 is 0 Å². The lowest BCUT2D eigenvalue weighted by Crippen LogP contribution is -1.89. The lowest BCUT2D eigenvalue weighted by Gasteiger charge is -1.90. The fraction of sp³-hybridized carbons (Fsp3) is 0. The zero-order chi connectivity index (χ0) is 14.0. The molecule has 0 spiro atoms. The SMILES string of the molecule is O=S(=O)(Cl)c1c[nH]c2ncncc12.O=S(=O)(O)O. The van der Waals surface area contributed by atoms with Crippen LogP contribution in [0.3, 0.4) is 0 Å². The molecule has 0 saturated carbocycles. The maximum atomic E-state index is 11.0. The third-order valence-corrected chi connectivity index (χ3v) is 2.94. The first-order chi connectivity index (χ1) is 8.09. The minimum absolute atomic E-state index is 0.00441. The second-order valence-electron chi connectivity index (χ2n) is 2.82. The van der Waals surface area contributed by atoms with Crippen molar-refractivity contribution in [2.24, 2.45) is 0 Å². The Kier molecular flexibility index (Phi) is 4.24. The zero-order valence-electron chi connectivity index (χ0n) is 8.35. The first-order valence-electron chi connectivity index (χ1n) is 4.00. The Labute approximate surface area is 106 Å². The largest absolute Gasteiger partial charge is 0.394 e. The van der Waals surface area contributed by atoms with Gasteiger partial charge in [0.25, 0.3) is 9.05 Å². The monoisotopic (exact) mass is 315 g/mol. The fourth-order valence-electron chi connectivity index (χ4n) is 1.04. The summed E-state index contributed by atoms with van der Waals surface area (Å²) in [5.41, 5.74) is 0.453. The molecule has 100 valence electrons. The number of rotatable bonds is 1. The first kappa shape index (κ1) is 14.8. The third kappa shape index (κ3) is 4.54. The van der Waals surface area contributed by atoms with Gasteiger partial charge in [-0.15, -0.1) is 0 Å². The molecule has 0 atom stereocenters. The second-order valence-corrected chi connectivity index (χ2v) is 6.25. The van der Waals surface area contributed by atoms with Crippen molar-refractivity contribution in [2.45, 2.75) is 4.90 Å². The Balaban J connectivity index is 0.000000280. The van der Waals surface area contributed by atoms with Crippen molar-refractivity contribution in [3.05, 3.63) is 18.7 Å². The van der Waals surface area contributed by atoms with Crippen LogP contribution >= 0.6 is 10.7 Å². The normalized spacial score (nSPS) is 11.9. The van der Waals surface area contributed by atoms with E-state index in [4.69, 9.17) is 28.2 Å². The maximum Gasteiger partial charge on any atom is 0.394 e. The molecule has 12 heteroatoms. The Morgan fingerprint density at radius 1 is 1.22 bits per heavy atom. The van der Waals surface area contributed by atoms with Crippen molar-refractivity contribution in [3.8, 4) is 0 Å². The summed E-state index contributed by atoms with van der Waals surface area (Å²) in [6.45, 7) is 0. The van der Waals surface area contributed by atoms with Gasteiger partial charge in [0.2, 0.25) is 0 Å². The Hall–Kier alpha value is -1.27. The van der Waals surface area contributed by atoms with E-state index < -0.39 is 19.4 Å². The van der Waals surface area contributed by atoms with Gasteiger partial charge in [0.05, 0.1) is 5.39 Å². The minimum atomic E-state index is -4.67. The van der Waals surface area contributed by atoms with Crippen LogP contribution in [0.15, 0.2) is 23.6 Å². The molecule has 3 N–H and O–H groups in total. The molecule has 0 unspecified atom stereocenters. The third-order valence-electron chi connectivity index (χ3n) is 1.58. The molecule has 0 amide bonds. The Morgan fingerprint density at radius 3 is 2.28 bits per heavy atom. The molecule has 9 nitrogen and oxygen atoms in total. The van der Waals surface area contributed by atoms with Crippen LogP contribution in [-0.4, -0.2) is 40.9 Å². The number of aromatic amines is 1. The van der Waals surface area contributed by atoms with E-state index in [2.05, 4.69) is 15.0 Å². The number of aromatic nitrogens is 3. The van der Waals surface area contributed by atoms with Crippen LogP contribution in [0.1, 0.15) is 0 Å². The summed E-state index contributed by atoms with van der Waals surface area (Å²) < 4.78 is 53.6. The van der Waals surface area contributed by atoms with Gasteiger partial charge in [0.15, 0.2) is 0 Å². The number of H-pyrrole nitrogens is 1. The highest BCUT2D eigenvalue weighted by Crippen LogP contribution is 2.22. The molecule has 0 aromatic carbocycles. The molecule has 2 aromatic rings. The molecule has 0 radical (unpaired) electrons. The van der Waals surface area contributed by atoms with Gasteiger partial charge in [0, 0.05) is 23.1 Å². The Morgan fingerprint density at radius 2 is 1.78 bits per heavy atom. The average molecular weight is 316 g/mol. The fourth-order valence-corrected chi connectivity index (χ4v) is 2.03. The molecule has 18 heavy (non-hydrogen) atoms. The van der Waals surface area contributed by atoms with Crippen LogP contribution in [0.2, 0.25) is 0 Å². The summed E-state index contributed by atoms with van der Waals surface area (Å²) in [5.74, 6) is 0. The van der Waals surface area contributed by atoms with Crippen molar-refractivity contribution in [1.29, 1.82) is 0 Å². The molecule has 0 bridgehead atoms. The number of hydrogen-bond acceptors (Lipinski definition) is 6. The highest BCUT2D eigenvalue weighted by molar-refractivity contribution is 8.14. The molecule has 2 aromatic heterocycles. The van der Waals surface area contributed by atoms with E-state index in [1.807, 2.05) is 0 Å². The van der Waals surface area contributed by atoms with Gasteiger partial charge < -0.3 is 4.98 Å². The highest BCUT2D eigenvalue weighted by Gasteiger charge is 2.16. The zero-order valence-corrected chi connectivity index (χ0v) is 10.7. The standard InChI is InChI=1S/C6H4ClN3O2S.H2O4S/c7-13(11,12)5-2-9-6-4(5)1-8-3-10-6;1-5(2,3)4/h1-3H,(H,8,9,10);(H2,1,2,3,4). The van der Waals surface area contributed by atoms with Gasteiger partial charge in [-0.3, -0.25) is 9.11 Å². The van der Waals surface area contributed by atoms with Crippen molar-refractivity contribution < 1.29 is 25.9 Å². The first-order valence-corrected chi connectivity index (χ1v) is 7.71. The van der Waals surface area contributed by atoms with Crippen molar-refractivity contribution >= 4 is 41.2 Å². The lowest BCUT2D eigenvalue weighted by atomic mass is 10.4. The van der Waals surface area contributed by atoms with E-state index in [0.29, 0.717) is 11.0 Å². The van der Waals surface area contributed by atoms with Crippen LogP contribution in [0, 0.1) is 0 Å². The van der Waals surface area contributed by atoms with Gasteiger partial charge in [-0.25, -0.2) is 18.4 Å². The summed E-state index contributed by atoms with van der Waals surface area (Å²) in [5, 5.41) is 0.400. The molecule has 2 heterocycles. The molecule has 0 fully saturated rings.